The number of aliphatic hydroxyl groups excluding tert-OH is 2. The van der Waals surface area contributed by atoms with Gasteiger partial charge in [-0.1, -0.05) is 381 Å². The minimum absolute atomic E-state index is 0.0727. The van der Waals surface area contributed by atoms with Gasteiger partial charge in [-0.2, -0.15) is 0 Å². The Balaban J connectivity index is 3.47. The molecule has 0 rings (SSSR count). The number of rotatable bonds is 68. The lowest BCUT2D eigenvalue weighted by molar-refractivity contribution is -0.123. The van der Waals surface area contributed by atoms with Crippen molar-refractivity contribution >= 4 is 5.91 Å². The number of carbonyl (C=O) groups excluding carboxylic acids is 1. The fourth-order valence-corrected chi connectivity index (χ4v) is 11.2. The summed E-state index contributed by atoms with van der Waals surface area (Å²) in [6, 6.07) is -0.650. The Kier molecular flexibility index (Phi) is 71.2. The third-order valence-corrected chi connectivity index (χ3v) is 16.8. The van der Waals surface area contributed by atoms with Crippen LogP contribution < -0.4 is 5.32 Å². The topological polar surface area (TPSA) is 69.6 Å². The molecular formula is C79H143NO3. The van der Waals surface area contributed by atoms with Crippen LogP contribution in [0.25, 0.3) is 0 Å². The molecular weight excluding hydrogens is 1010 g/mol. The van der Waals surface area contributed by atoms with E-state index < -0.39 is 12.1 Å². The molecule has 2 atom stereocenters. The van der Waals surface area contributed by atoms with Crippen LogP contribution in [-0.2, 0) is 4.79 Å². The summed E-state index contributed by atoms with van der Waals surface area (Å²) in [5, 5.41) is 23.3. The number of nitrogens with one attached hydrogen (secondary N) is 1. The largest absolute Gasteiger partial charge is 0.394 e. The lowest BCUT2D eigenvalue weighted by atomic mass is 10.0. The minimum Gasteiger partial charge on any atom is -0.394 e. The Labute approximate surface area is 519 Å². The van der Waals surface area contributed by atoms with Crippen LogP contribution in [0.1, 0.15) is 380 Å². The molecule has 0 aromatic carbocycles. The highest BCUT2D eigenvalue weighted by Gasteiger charge is 2.18. The molecule has 0 bridgehead atoms. The van der Waals surface area contributed by atoms with E-state index in [4.69, 9.17) is 0 Å². The fraction of sp³-hybridized carbons (Fsp3) is 0.785. The van der Waals surface area contributed by atoms with Crippen molar-refractivity contribution in [2.24, 2.45) is 0 Å². The maximum absolute atomic E-state index is 12.5. The number of hydrogen-bond donors (Lipinski definition) is 3. The summed E-state index contributed by atoms with van der Waals surface area (Å²) >= 11 is 0. The van der Waals surface area contributed by atoms with Gasteiger partial charge in [0.05, 0.1) is 18.8 Å². The first-order valence-electron chi connectivity index (χ1n) is 37.0. The van der Waals surface area contributed by atoms with Crippen LogP contribution in [0.3, 0.4) is 0 Å². The molecule has 0 radical (unpaired) electrons. The van der Waals surface area contributed by atoms with E-state index in [1.165, 1.54) is 289 Å². The molecule has 4 heteroatoms. The predicted octanol–water partition coefficient (Wildman–Crippen LogP) is 25.5. The first kappa shape index (κ1) is 80.3. The van der Waals surface area contributed by atoms with Crippen molar-refractivity contribution in [2.75, 3.05) is 6.61 Å². The third-order valence-electron chi connectivity index (χ3n) is 16.8. The number of aliphatic hydroxyl groups is 2. The highest BCUT2D eigenvalue weighted by molar-refractivity contribution is 5.76. The molecule has 0 aliphatic heterocycles. The van der Waals surface area contributed by atoms with Crippen LogP contribution in [0.2, 0.25) is 0 Å². The van der Waals surface area contributed by atoms with Gasteiger partial charge in [0.2, 0.25) is 5.91 Å². The highest BCUT2D eigenvalue weighted by Crippen LogP contribution is 2.19. The van der Waals surface area contributed by atoms with Crippen LogP contribution in [0.5, 0.6) is 0 Å². The van der Waals surface area contributed by atoms with Gasteiger partial charge in [-0.15, -0.1) is 0 Å². The molecule has 0 spiro atoms. The molecule has 3 N–H and O–H groups in total. The summed E-state index contributed by atoms with van der Waals surface area (Å²) in [6.45, 7) is 4.21. The molecule has 2 unspecified atom stereocenters. The first-order chi connectivity index (χ1) is 41.2. The van der Waals surface area contributed by atoms with Gasteiger partial charge in [-0.3, -0.25) is 4.79 Å². The number of hydrogen-bond acceptors (Lipinski definition) is 3. The zero-order valence-corrected chi connectivity index (χ0v) is 55.7. The van der Waals surface area contributed by atoms with Crippen molar-refractivity contribution in [3.05, 3.63) is 97.2 Å². The molecule has 4 nitrogen and oxygen atoms in total. The molecule has 0 saturated heterocycles. The summed E-state index contributed by atoms with van der Waals surface area (Å²) in [5.74, 6) is -0.0727. The second-order valence-electron chi connectivity index (χ2n) is 25.0. The molecule has 0 aromatic heterocycles. The minimum atomic E-state index is -0.875. The van der Waals surface area contributed by atoms with Gasteiger partial charge in [0, 0.05) is 6.42 Å². The Morgan fingerprint density at radius 1 is 0.301 bits per heavy atom. The van der Waals surface area contributed by atoms with Crippen LogP contribution in [-0.4, -0.2) is 34.9 Å². The van der Waals surface area contributed by atoms with Gasteiger partial charge in [0.1, 0.15) is 0 Å². The monoisotopic (exact) mass is 1150 g/mol. The summed E-state index contributed by atoms with van der Waals surface area (Å²) in [5.41, 5.74) is 0. The van der Waals surface area contributed by atoms with Crippen LogP contribution >= 0.6 is 0 Å². The average Bonchev–Trinajstić information content (AvgIpc) is 3.51. The summed E-state index contributed by atoms with van der Waals surface area (Å²) < 4.78 is 0. The molecule has 482 valence electrons. The van der Waals surface area contributed by atoms with Crippen molar-refractivity contribution < 1.29 is 15.0 Å². The molecule has 83 heavy (non-hydrogen) atoms. The van der Waals surface area contributed by atoms with E-state index in [0.717, 1.165) is 70.6 Å². The van der Waals surface area contributed by atoms with E-state index in [-0.39, 0.29) is 12.5 Å². The van der Waals surface area contributed by atoms with Gasteiger partial charge >= 0.3 is 0 Å². The molecule has 0 aliphatic carbocycles. The highest BCUT2D eigenvalue weighted by atomic mass is 16.3. The molecule has 0 heterocycles. The quantitative estimate of drug-likeness (QED) is 0.0420. The maximum atomic E-state index is 12.5. The van der Waals surface area contributed by atoms with Crippen molar-refractivity contribution in [3.63, 3.8) is 0 Å². The van der Waals surface area contributed by atoms with E-state index in [2.05, 4.69) is 104 Å². The molecule has 0 aliphatic rings. The van der Waals surface area contributed by atoms with Crippen molar-refractivity contribution in [2.45, 2.75) is 392 Å². The first-order valence-corrected chi connectivity index (χ1v) is 37.0. The lowest BCUT2D eigenvalue weighted by Crippen LogP contribution is -2.45. The van der Waals surface area contributed by atoms with E-state index in [0.29, 0.717) is 6.42 Å². The molecule has 0 aromatic rings. The van der Waals surface area contributed by atoms with Crippen LogP contribution in [0, 0.1) is 0 Å². The van der Waals surface area contributed by atoms with E-state index in [1.54, 1.807) is 6.08 Å². The Bertz CT molecular complexity index is 1500. The maximum Gasteiger partial charge on any atom is 0.220 e. The van der Waals surface area contributed by atoms with Gasteiger partial charge in [0.15, 0.2) is 0 Å². The van der Waals surface area contributed by atoms with E-state index >= 15 is 0 Å². The standard InChI is InChI=1S/C79H143NO3/c1-3-5-7-9-11-13-15-17-19-21-23-25-27-29-31-33-35-36-37-38-39-40-41-42-43-44-45-47-49-51-53-55-57-59-61-63-65-67-69-71-73-75-79(83)80-77(76-81)78(82)74-72-70-68-66-64-62-60-58-56-54-52-50-48-46-34-32-30-28-26-24-22-20-18-16-14-12-10-8-6-4-2/h5,7,11,13,17,19,23,25,29,31,56,58,64,66,72,74,77-78,81-82H,3-4,6,8-10,12,14-16,18,20-22,24,26-28,30,32-55,57,59-63,65,67-71,73,75-76H2,1-2H3,(H,80,83)/b7-5-,13-11-,19-17-,25-23-,31-29-,58-56+,66-64+,74-72+. The number of unbranched alkanes of at least 4 members (excludes halogenated alkanes) is 47. The zero-order chi connectivity index (χ0) is 59.8. The molecule has 0 fully saturated rings. The van der Waals surface area contributed by atoms with Crippen molar-refractivity contribution in [1.29, 1.82) is 0 Å². The zero-order valence-electron chi connectivity index (χ0n) is 55.7. The third kappa shape index (κ3) is 70.0. The summed E-state index contributed by atoms with van der Waals surface area (Å²) in [4.78, 5) is 12.5. The molecule has 1 amide bonds. The van der Waals surface area contributed by atoms with Crippen LogP contribution in [0.4, 0.5) is 0 Å². The molecule has 0 saturated carbocycles. The summed E-state index contributed by atoms with van der Waals surface area (Å²) in [7, 11) is 0. The van der Waals surface area contributed by atoms with Gasteiger partial charge in [0.25, 0.3) is 0 Å². The average molecular weight is 1160 g/mol. The second-order valence-corrected chi connectivity index (χ2v) is 25.0. The summed E-state index contributed by atoms with van der Waals surface area (Å²) in [6.07, 6.45) is 110. The smallest absolute Gasteiger partial charge is 0.220 e. The van der Waals surface area contributed by atoms with Crippen molar-refractivity contribution in [1.82, 2.24) is 5.32 Å². The number of allylic oxidation sites excluding steroid dienone is 15. The van der Waals surface area contributed by atoms with Gasteiger partial charge in [-0.05, 0) is 89.9 Å². The SMILES string of the molecule is CC/C=C\C/C=C\C/C=C\C/C=C\C/C=C\CCCCCCCCCCCCCCCCCCCCCCCCCCCC(=O)NC(CO)C(O)/C=C/CC/C=C/CC/C=C/CCCCCCCCCCCCCCCCCCCCCC. The van der Waals surface area contributed by atoms with Crippen LogP contribution in [0.15, 0.2) is 97.2 Å². The van der Waals surface area contributed by atoms with Crippen molar-refractivity contribution in [3.8, 4) is 0 Å². The fourth-order valence-electron chi connectivity index (χ4n) is 11.2. The Hall–Kier alpha value is -2.69. The predicted molar refractivity (Wildman–Crippen MR) is 373 cm³/mol. The normalized spacial score (nSPS) is 13.3. The second kappa shape index (κ2) is 73.6. The Morgan fingerprint density at radius 3 is 0.843 bits per heavy atom. The van der Waals surface area contributed by atoms with Gasteiger partial charge < -0.3 is 15.5 Å². The number of carbonyl (C=O) groups is 1. The van der Waals surface area contributed by atoms with E-state index in [1.807, 2.05) is 6.08 Å². The Morgan fingerprint density at radius 2 is 0.542 bits per heavy atom. The lowest BCUT2D eigenvalue weighted by Gasteiger charge is -2.19. The van der Waals surface area contributed by atoms with E-state index in [9.17, 15) is 15.0 Å². The van der Waals surface area contributed by atoms with Gasteiger partial charge in [-0.25, -0.2) is 0 Å². The number of amides is 1.